The number of hydrogen-bond acceptors (Lipinski definition) is 5. The lowest BCUT2D eigenvalue weighted by Gasteiger charge is -2.11. The van der Waals surface area contributed by atoms with Crippen LogP contribution in [0.4, 0.5) is 5.69 Å². The Kier molecular flexibility index (Phi) is 5.06. The number of halogens is 2. The number of ether oxygens (including phenoxy) is 2. The van der Waals surface area contributed by atoms with Crippen molar-refractivity contribution >= 4 is 45.8 Å². The molecule has 1 heterocycles. The minimum atomic E-state index is -0.813. The van der Waals surface area contributed by atoms with Gasteiger partial charge in [-0.05, 0) is 30.3 Å². The van der Waals surface area contributed by atoms with E-state index in [0.29, 0.717) is 27.6 Å². The Morgan fingerprint density at radius 3 is 2.54 bits per heavy atom. The van der Waals surface area contributed by atoms with Crippen molar-refractivity contribution in [3.63, 3.8) is 0 Å². The summed E-state index contributed by atoms with van der Waals surface area (Å²) in [6, 6.07) is 9.25. The molecular formula is C18H13Cl2NO5. The van der Waals surface area contributed by atoms with Gasteiger partial charge in [-0.3, -0.25) is 4.79 Å². The second-order valence-electron chi connectivity index (χ2n) is 5.27. The number of methoxy groups -OCH3 is 2. The third kappa shape index (κ3) is 3.47. The van der Waals surface area contributed by atoms with E-state index in [9.17, 15) is 9.59 Å². The number of nitrogens with one attached hydrogen (secondary N) is 1. The van der Waals surface area contributed by atoms with Crippen LogP contribution in [-0.2, 0) is 0 Å². The predicted molar refractivity (Wildman–Crippen MR) is 100 cm³/mol. The van der Waals surface area contributed by atoms with Crippen molar-refractivity contribution in [2.45, 2.75) is 0 Å². The highest BCUT2D eigenvalue weighted by Gasteiger charge is 2.17. The summed E-state index contributed by atoms with van der Waals surface area (Å²) in [6.45, 7) is 0. The van der Waals surface area contributed by atoms with E-state index >= 15 is 0 Å². The van der Waals surface area contributed by atoms with Crippen molar-refractivity contribution in [3.8, 4) is 11.5 Å². The first-order valence-electron chi connectivity index (χ1n) is 7.39. The van der Waals surface area contributed by atoms with Gasteiger partial charge >= 0.3 is 5.63 Å². The molecular weight excluding hydrogens is 381 g/mol. The van der Waals surface area contributed by atoms with E-state index in [1.54, 1.807) is 24.3 Å². The van der Waals surface area contributed by atoms with Crippen LogP contribution < -0.4 is 20.4 Å². The summed E-state index contributed by atoms with van der Waals surface area (Å²) in [5.41, 5.74) is -0.457. The predicted octanol–water partition coefficient (Wildman–Crippen LogP) is 4.37. The zero-order chi connectivity index (χ0) is 18.8. The first-order chi connectivity index (χ1) is 12.4. The van der Waals surface area contributed by atoms with Crippen LogP contribution in [0.25, 0.3) is 11.0 Å². The molecule has 1 aromatic heterocycles. The minimum Gasteiger partial charge on any atom is -0.497 e. The molecule has 0 aliphatic heterocycles. The molecule has 0 fully saturated rings. The first-order valence-corrected chi connectivity index (χ1v) is 8.15. The normalized spacial score (nSPS) is 10.6. The smallest absolute Gasteiger partial charge is 0.349 e. The Morgan fingerprint density at radius 2 is 1.85 bits per heavy atom. The van der Waals surface area contributed by atoms with Crippen molar-refractivity contribution in [2.24, 2.45) is 0 Å². The molecule has 1 N–H and O–H groups in total. The zero-order valence-corrected chi connectivity index (χ0v) is 15.3. The molecule has 0 unspecified atom stereocenters. The van der Waals surface area contributed by atoms with Crippen molar-refractivity contribution < 1.29 is 18.7 Å². The SMILES string of the molecule is COc1ccc(NC(=O)c2cc3cc(Cl)cc(Cl)c3oc2=O)c(OC)c1. The number of anilines is 1. The van der Waals surface area contributed by atoms with Gasteiger partial charge in [-0.15, -0.1) is 0 Å². The maximum Gasteiger partial charge on any atom is 0.349 e. The van der Waals surface area contributed by atoms with Gasteiger partial charge in [-0.1, -0.05) is 23.2 Å². The standard InChI is InChI=1S/C18H13Cl2NO5/c1-24-11-3-4-14(15(8-11)25-2)21-17(22)12-6-9-5-10(19)7-13(20)16(9)26-18(12)23/h3-8H,1-2H3,(H,21,22). The van der Waals surface area contributed by atoms with Gasteiger partial charge in [0.05, 0.1) is 24.9 Å². The molecule has 3 aromatic rings. The summed E-state index contributed by atoms with van der Waals surface area (Å²) < 4.78 is 15.5. The van der Waals surface area contributed by atoms with Crippen molar-refractivity contribution in [2.75, 3.05) is 19.5 Å². The van der Waals surface area contributed by atoms with Gasteiger partial charge in [-0.25, -0.2) is 4.79 Å². The molecule has 0 saturated heterocycles. The number of benzene rings is 2. The molecule has 0 saturated carbocycles. The highest BCUT2D eigenvalue weighted by molar-refractivity contribution is 6.38. The molecule has 0 radical (unpaired) electrons. The third-order valence-electron chi connectivity index (χ3n) is 3.65. The number of hydrogen-bond donors (Lipinski definition) is 1. The lowest BCUT2D eigenvalue weighted by Crippen LogP contribution is -2.21. The van der Waals surface area contributed by atoms with E-state index in [1.165, 1.54) is 26.4 Å². The van der Waals surface area contributed by atoms with Gasteiger partial charge in [0.15, 0.2) is 5.58 Å². The Morgan fingerprint density at radius 1 is 1.08 bits per heavy atom. The largest absolute Gasteiger partial charge is 0.497 e. The van der Waals surface area contributed by atoms with Gasteiger partial charge in [0.25, 0.3) is 5.91 Å². The Hall–Kier alpha value is -2.70. The summed E-state index contributed by atoms with van der Waals surface area (Å²) in [7, 11) is 2.97. The van der Waals surface area contributed by atoms with Gasteiger partial charge in [0.1, 0.15) is 17.1 Å². The van der Waals surface area contributed by atoms with Crippen molar-refractivity contribution in [3.05, 3.63) is 62.4 Å². The second-order valence-corrected chi connectivity index (χ2v) is 6.12. The average molecular weight is 394 g/mol. The lowest BCUT2D eigenvalue weighted by molar-refractivity contribution is 0.102. The van der Waals surface area contributed by atoms with Crippen LogP contribution in [0.5, 0.6) is 11.5 Å². The number of fused-ring (bicyclic) bond motifs is 1. The highest BCUT2D eigenvalue weighted by atomic mass is 35.5. The summed E-state index contributed by atoms with van der Waals surface area (Å²) in [5.74, 6) is 0.295. The number of carbonyl (C=O) groups excluding carboxylic acids is 1. The van der Waals surface area contributed by atoms with Crippen LogP contribution in [0.1, 0.15) is 10.4 Å². The van der Waals surface area contributed by atoms with E-state index in [-0.39, 0.29) is 16.2 Å². The molecule has 6 nitrogen and oxygen atoms in total. The first kappa shape index (κ1) is 18.1. The minimum absolute atomic E-state index is 0.166. The fraction of sp³-hybridized carbons (Fsp3) is 0.111. The molecule has 134 valence electrons. The molecule has 26 heavy (non-hydrogen) atoms. The molecule has 0 bridgehead atoms. The van der Waals surface area contributed by atoms with Crippen LogP contribution >= 0.6 is 23.2 Å². The van der Waals surface area contributed by atoms with Crippen LogP contribution in [0.15, 0.2) is 45.6 Å². The molecule has 2 aromatic carbocycles. The van der Waals surface area contributed by atoms with E-state index in [2.05, 4.69) is 5.32 Å². The fourth-order valence-electron chi connectivity index (χ4n) is 2.41. The van der Waals surface area contributed by atoms with E-state index in [1.807, 2.05) is 0 Å². The summed E-state index contributed by atoms with van der Waals surface area (Å²) in [6.07, 6.45) is 0. The van der Waals surface area contributed by atoms with Crippen molar-refractivity contribution in [1.82, 2.24) is 0 Å². The monoisotopic (exact) mass is 393 g/mol. The van der Waals surface area contributed by atoms with Crippen molar-refractivity contribution in [1.29, 1.82) is 0 Å². The third-order valence-corrected chi connectivity index (χ3v) is 4.15. The van der Waals surface area contributed by atoms with E-state index in [4.69, 9.17) is 37.1 Å². The van der Waals surface area contributed by atoms with Gasteiger partial charge in [-0.2, -0.15) is 0 Å². The number of carbonyl (C=O) groups is 1. The Balaban J connectivity index is 2.00. The molecule has 1 amide bonds. The van der Waals surface area contributed by atoms with E-state index in [0.717, 1.165) is 0 Å². The van der Waals surface area contributed by atoms with Gasteiger partial charge < -0.3 is 19.2 Å². The quantitative estimate of drug-likeness (QED) is 0.665. The van der Waals surface area contributed by atoms with Crippen LogP contribution in [-0.4, -0.2) is 20.1 Å². The van der Waals surface area contributed by atoms with Gasteiger partial charge in [0, 0.05) is 16.5 Å². The molecule has 0 aliphatic carbocycles. The summed E-state index contributed by atoms with van der Waals surface area (Å²) >= 11 is 12.0. The molecule has 3 rings (SSSR count). The Bertz CT molecular complexity index is 1060. The topological polar surface area (TPSA) is 77.8 Å². The summed E-state index contributed by atoms with van der Waals surface area (Å²) in [5, 5.41) is 3.61. The lowest BCUT2D eigenvalue weighted by atomic mass is 10.1. The molecule has 0 atom stereocenters. The highest BCUT2D eigenvalue weighted by Crippen LogP contribution is 2.30. The maximum atomic E-state index is 12.5. The number of amides is 1. The van der Waals surface area contributed by atoms with E-state index < -0.39 is 11.5 Å². The van der Waals surface area contributed by atoms with Gasteiger partial charge in [0.2, 0.25) is 0 Å². The summed E-state index contributed by atoms with van der Waals surface area (Å²) in [4.78, 5) is 24.7. The Labute approximate surface area is 158 Å². The fourth-order valence-corrected chi connectivity index (χ4v) is 2.95. The van der Waals surface area contributed by atoms with Crippen LogP contribution in [0, 0.1) is 0 Å². The number of rotatable bonds is 4. The molecule has 8 heteroatoms. The maximum absolute atomic E-state index is 12.5. The molecule has 0 aliphatic rings. The second kappa shape index (κ2) is 7.27. The molecule has 0 spiro atoms. The average Bonchev–Trinajstić information content (AvgIpc) is 2.62. The van der Waals surface area contributed by atoms with Crippen LogP contribution in [0.2, 0.25) is 10.0 Å². The zero-order valence-electron chi connectivity index (χ0n) is 13.8. The van der Waals surface area contributed by atoms with Crippen LogP contribution in [0.3, 0.4) is 0 Å².